The minimum Gasteiger partial charge on any atom is -0.493 e. The zero-order valence-electron chi connectivity index (χ0n) is 14.8. The molecule has 2 N–H and O–H groups in total. The summed E-state index contributed by atoms with van der Waals surface area (Å²) < 4.78 is 24.1. The monoisotopic (exact) mass is 345 g/mol. The number of hydrogen-bond donors (Lipinski definition) is 2. The molecule has 0 aliphatic rings. The molecule has 0 saturated carbocycles. The molecule has 5 nitrogen and oxygen atoms in total. The normalized spacial score (nSPS) is 12.4. The molecule has 1 unspecified atom stereocenters. The van der Waals surface area contributed by atoms with Gasteiger partial charge in [-0.3, -0.25) is 4.99 Å². The van der Waals surface area contributed by atoms with Crippen molar-refractivity contribution < 1.29 is 13.9 Å². The van der Waals surface area contributed by atoms with Gasteiger partial charge in [0.1, 0.15) is 11.9 Å². The van der Waals surface area contributed by atoms with Crippen molar-refractivity contribution in [1.29, 1.82) is 0 Å². The number of benzene rings is 2. The number of rotatable bonds is 7. The van der Waals surface area contributed by atoms with Crippen molar-refractivity contribution in [3.8, 4) is 11.5 Å². The maximum Gasteiger partial charge on any atom is 0.191 e. The Labute approximate surface area is 147 Å². The average Bonchev–Trinajstić information content (AvgIpc) is 2.63. The van der Waals surface area contributed by atoms with Gasteiger partial charge in [-0.25, -0.2) is 4.39 Å². The Balaban J connectivity index is 1.80. The van der Waals surface area contributed by atoms with Gasteiger partial charge in [-0.1, -0.05) is 24.3 Å². The molecule has 0 aliphatic heterocycles. The Morgan fingerprint density at radius 3 is 2.40 bits per heavy atom. The maximum atomic E-state index is 12.9. The van der Waals surface area contributed by atoms with Gasteiger partial charge in [-0.2, -0.15) is 0 Å². The van der Waals surface area contributed by atoms with Crippen LogP contribution in [0.5, 0.6) is 11.5 Å². The van der Waals surface area contributed by atoms with Crippen LogP contribution in [0.4, 0.5) is 4.39 Å². The summed E-state index contributed by atoms with van der Waals surface area (Å²) in [6, 6.07) is 13.9. The van der Waals surface area contributed by atoms with Crippen LogP contribution in [0.3, 0.4) is 0 Å². The number of nitrogens with zero attached hydrogens (tertiary/aromatic N) is 1. The number of hydrogen-bond acceptors (Lipinski definition) is 3. The van der Waals surface area contributed by atoms with E-state index in [4.69, 9.17) is 9.47 Å². The molecule has 0 fully saturated rings. The topological polar surface area (TPSA) is 54.9 Å². The van der Waals surface area contributed by atoms with E-state index in [9.17, 15) is 4.39 Å². The lowest BCUT2D eigenvalue weighted by Gasteiger charge is -2.19. The zero-order valence-corrected chi connectivity index (χ0v) is 14.8. The minimum absolute atomic E-state index is 0.0827. The van der Waals surface area contributed by atoms with Gasteiger partial charge in [0.05, 0.1) is 13.7 Å². The minimum atomic E-state index is -0.242. The van der Waals surface area contributed by atoms with E-state index in [0.29, 0.717) is 30.5 Å². The zero-order chi connectivity index (χ0) is 18.1. The molecule has 0 aliphatic carbocycles. The van der Waals surface area contributed by atoms with Crippen molar-refractivity contribution in [2.45, 2.75) is 19.6 Å². The fraction of sp³-hybridized carbons (Fsp3) is 0.316. The first-order valence-corrected chi connectivity index (χ1v) is 8.11. The summed E-state index contributed by atoms with van der Waals surface area (Å²) >= 11 is 0. The number of para-hydroxylation sites is 2. The number of ether oxygens (including phenoxy) is 2. The molecular weight excluding hydrogens is 321 g/mol. The molecule has 6 heteroatoms. The van der Waals surface area contributed by atoms with Crippen molar-refractivity contribution >= 4 is 5.96 Å². The summed E-state index contributed by atoms with van der Waals surface area (Å²) in [7, 11) is 3.32. The van der Waals surface area contributed by atoms with Crippen molar-refractivity contribution in [2.75, 3.05) is 20.7 Å². The first-order chi connectivity index (χ1) is 12.1. The maximum absolute atomic E-state index is 12.9. The first kappa shape index (κ1) is 18.6. The Morgan fingerprint density at radius 2 is 1.76 bits per heavy atom. The summed E-state index contributed by atoms with van der Waals surface area (Å²) in [5.74, 6) is 1.81. The quantitative estimate of drug-likeness (QED) is 0.598. The Morgan fingerprint density at radius 1 is 1.08 bits per heavy atom. The van der Waals surface area contributed by atoms with Gasteiger partial charge >= 0.3 is 0 Å². The SMILES string of the molecule is CN=C(NCc1ccc(F)cc1)NCC(C)Oc1ccccc1OC. The predicted molar refractivity (Wildman–Crippen MR) is 97.7 cm³/mol. The summed E-state index contributed by atoms with van der Waals surface area (Å²) in [4.78, 5) is 4.17. The van der Waals surface area contributed by atoms with Crippen LogP contribution in [0.25, 0.3) is 0 Å². The van der Waals surface area contributed by atoms with Gasteiger partial charge in [-0.05, 0) is 36.8 Å². The van der Waals surface area contributed by atoms with E-state index in [1.54, 1.807) is 26.3 Å². The van der Waals surface area contributed by atoms with Crippen LogP contribution in [-0.2, 0) is 6.54 Å². The second kappa shape index (κ2) is 9.52. The third kappa shape index (κ3) is 5.99. The Kier molecular flexibility index (Phi) is 7.07. The van der Waals surface area contributed by atoms with Gasteiger partial charge in [-0.15, -0.1) is 0 Å². The summed E-state index contributed by atoms with van der Waals surface area (Å²) in [6.07, 6.45) is -0.0827. The lowest BCUT2D eigenvalue weighted by molar-refractivity contribution is 0.213. The van der Waals surface area contributed by atoms with E-state index in [1.165, 1.54) is 12.1 Å². The van der Waals surface area contributed by atoms with Crippen molar-refractivity contribution in [3.63, 3.8) is 0 Å². The molecular formula is C19H24FN3O2. The molecule has 0 spiro atoms. The van der Waals surface area contributed by atoms with Gasteiger partial charge < -0.3 is 20.1 Å². The lowest BCUT2D eigenvalue weighted by atomic mass is 10.2. The standard InChI is InChI=1S/C19H24FN3O2/c1-14(25-18-7-5-4-6-17(18)24-3)12-22-19(21-2)23-13-15-8-10-16(20)11-9-15/h4-11,14H,12-13H2,1-3H3,(H2,21,22,23). The van der Waals surface area contributed by atoms with Gasteiger partial charge in [0.25, 0.3) is 0 Å². The lowest BCUT2D eigenvalue weighted by Crippen LogP contribution is -2.41. The molecule has 0 heterocycles. The van der Waals surface area contributed by atoms with E-state index < -0.39 is 0 Å². The second-order valence-corrected chi connectivity index (χ2v) is 5.51. The van der Waals surface area contributed by atoms with Crippen molar-refractivity contribution in [3.05, 3.63) is 59.9 Å². The average molecular weight is 345 g/mol. The van der Waals surface area contributed by atoms with Crippen LogP contribution in [0, 0.1) is 5.82 Å². The molecule has 0 aromatic heterocycles. The highest BCUT2D eigenvalue weighted by Gasteiger charge is 2.09. The molecule has 0 amide bonds. The predicted octanol–water partition coefficient (Wildman–Crippen LogP) is 2.97. The molecule has 2 aromatic carbocycles. The van der Waals surface area contributed by atoms with Crippen LogP contribution in [-0.4, -0.2) is 32.8 Å². The number of nitrogens with one attached hydrogen (secondary N) is 2. The highest BCUT2D eigenvalue weighted by Crippen LogP contribution is 2.26. The molecule has 0 radical (unpaired) electrons. The molecule has 0 bridgehead atoms. The number of aliphatic imine (C=N–C) groups is 1. The van der Waals surface area contributed by atoms with Crippen LogP contribution in [0.2, 0.25) is 0 Å². The first-order valence-electron chi connectivity index (χ1n) is 8.11. The van der Waals surface area contributed by atoms with Crippen LogP contribution in [0.15, 0.2) is 53.5 Å². The van der Waals surface area contributed by atoms with Crippen LogP contribution < -0.4 is 20.1 Å². The molecule has 2 rings (SSSR count). The van der Waals surface area contributed by atoms with Crippen molar-refractivity contribution in [2.24, 2.45) is 4.99 Å². The number of guanidine groups is 1. The largest absolute Gasteiger partial charge is 0.493 e. The smallest absolute Gasteiger partial charge is 0.191 e. The second-order valence-electron chi connectivity index (χ2n) is 5.51. The van der Waals surface area contributed by atoms with Crippen LogP contribution >= 0.6 is 0 Å². The fourth-order valence-electron chi connectivity index (χ4n) is 2.22. The third-order valence-electron chi connectivity index (χ3n) is 3.55. The summed E-state index contributed by atoms with van der Waals surface area (Å²) in [5, 5.41) is 6.39. The Hall–Kier alpha value is -2.76. The highest BCUT2D eigenvalue weighted by atomic mass is 19.1. The molecule has 0 saturated heterocycles. The number of halogens is 1. The molecule has 25 heavy (non-hydrogen) atoms. The van der Waals surface area contributed by atoms with Gasteiger partial charge in [0.15, 0.2) is 17.5 Å². The Bertz CT molecular complexity index is 689. The highest BCUT2D eigenvalue weighted by molar-refractivity contribution is 5.79. The van der Waals surface area contributed by atoms with Crippen molar-refractivity contribution in [1.82, 2.24) is 10.6 Å². The van der Waals surface area contributed by atoms with E-state index in [2.05, 4.69) is 15.6 Å². The van der Waals surface area contributed by atoms with E-state index >= 15 is 0 Å². The summed E-state index contributed by atoms with van der Waals surface area (Å²) in [5.41, 5.74) is 0.975. The molecule has 134 valence electrons. The molecule has 1 atom stereocenters. The van der Waals surface area contributed by atoms with Gasteiger partial charge in [0, 0.05) is 13.6 Å². The number of methoxy groups -OCH3 is 1. The molecule has 2 aromatic rings. The van der Waals surface area contributed by atoms with E-state index in [0.717, 1.165) is 5.56 Å². The van der Waals surface area contributed by atoms with E-state index in [-0.39, 0.29) is 11.9 Å². The third-order valence-corrected chi connectivity index (χ3v) is 3.55. The fourth-order valence-corrected chi connectivity index (χ4v) is 2.22. The van der Waals surface area contributed by atoms with Crippen LogP contribution in [0.1, 0.15) is 12.5 Å². The van der Waals surface area contributed by atoms with E-state index in [1.807, 2.05) is 31.2 Å². The van der Waals surface area contributed by atoms with Gasteiger partial charge in [0.2, 0.25) is 0 Å². The summed E-state index contributed by atoms with van der Waals surface area (Å²) in [6.45, 7) is 3.09.